The number of ether oxygens (including phenoxy) is 2. The van der Waals surface area contributed by atoms with Crippen LogP contribution in [0.25, 0.3) is 0 Å². The van der Waals surface area contributed by atoms with Crippen LogP contribution >= 0.6 is 11.6 Å². The van der Waals surface area contributed by atoms with E-state index in [0.717, 1.165) is 11.3 Å². The summed E-state index contributed by atoms with van der Waals surface area (Å²) >= 11 is 6.02. The average Bonchev–Trinajstić information content (AvgIpc) is 2.55. The van der Waals surface area contributed by atoms with Crippen LogP contribution in [-0.2, 0) is 11.3 Å². The molecule has 2 rings (SSSR count). The molecule has 1 atom stereocenters. The monoisotopic (exact) mass is 333 g/mol. The van der Waals surface area contributed by atoms with Crippen molar-refractivity contribution in [1.82, 2.24) is 5.32 Å². The van der Waals surface area contributed by atoms with Crippen LogP contribution < -0.4 is 14.8 Å². The first-order valence-electron chi connectivity index (χ1n) is 7.50. The van der Waals surface area contributed by atoms with Gasteiger partial charge in [-0.15, -0.1) is 0 Å². The molecule has 2 aromatic rings. The van der Waals surface area contributed by atoms with Crippen molar-refractivity contribution >= 4 is 17.5 Å². The maximum absolute atomic E-state index is 12.1. The number of carbonyl (C=O) groups excluding carboxylic acids is 1. The SMILES string of the molecule is CCOc1cccc(CNC(=O)[C@H](C)Oc2ccccc2Cl)c1. The first kappa shape index (κ1) is 17.2. The van der Waals surface area contributed by atoms with Gasteiger partial charge in [0.15, 0.2) is 6.10 Å². The Balaban J connectivity index is 1.89. The topological polar surface area (TPSA) is 47.6 Å². The molecule has 1 N–H and O–H groups in total. The number of nitrogens with one attached hydrogen (secondary N) is 1. The lowest BCUT2D eigenvalue weighted by Gasteiger charge is -2.15. The first-order chi connectivity index (χ1) is 11.1. The smallest absolute Gasteiger partial charge is 0.261 e. The second-order valence-corrected chi connectivity index (χ2v) is 5.40. The highest BCUT2D eigenvalue weighted by molar-refractivity contribution is 6.32. The van der Waals surface area contributed by atoms with Crippen LogP contribution in [0.2, 0.25) is 5.02 Å². The second kappa shape index (κ2) is 8.44. The lowest BCUT2D eigenvalue weighted by Crippen LogP contribution is -2.35. The van der Waals surface area contributed by atoms with Gasteiger partial charge in [-0.3, -0.25) is 4.79 Å². The summed E-state index contributed by atoms with van der Waals surface area (Å²) in [6.07, 6.45) is -0.634. The van der Waals surface area contributed by atoms with E-state index in [-0.39, 0.29) is 5.91 Å². The molecule has 0 unspecified atom stereocenters. The normalized spacial score (nSPS) is 11.6. The van der Waals surface area contributed by atoms with Crippen LogP contribution in [0.1, 0.15) is 19.4 Å². The molecule has 0 heterocycles. The fourth-order valence-electron chi connectivity index (χ4n) is 2.03. The zero-order chi connectivity index (χ0) is 16.7. The highest BCUT2D eigenvalue weighted by Crippen LogP contribution is 2.24. The molecule has 0 aliphatic heterocycles. The largest absolute Gasteiger partial charge is 0.494 e. The number of benzene rings is 2. The standard InChI is InChI=1S/C18H20ClNO3/c1-3-22-15-8-6-7-14(11-15)12-20-18(21)13(2)23-17-10-5-4-9-16(17)19/h4-11,13H,3,12H2,1-2H3,(H,20,21)/t13-/m0/s1. The van der Waals surface area contributed by atoms with E-state index in [9.17, 15) is 4.79 Å². The third-order valence-corrected chi connectivity index (χ3v) is 3.50. The Hall–Kier alpha value is -2.20. The number of para-hydroxylation sites is 1. The van der Waals surface area contributed by atoms with Gasteiger partial charge in [-0.25, -0.2) is 0 Å². The van der Waals surface area contributed by atoms with E-state index >= 15 is 0 Å². The summed E-state index contributed by atoms with van der Waals surface area (Å²) in [7, 11) is 0. The van der Waals surface area contributed by atoms with Crippen molar-refractivity contribution in [3.8, 4) is 11.5 Å². The molecular formula is C18H20ClNO3. The van der Waals surface area contributed by atoms with Crippen molar-refractivity contribution in [1.29, 1.82) is 0 Å². The van der Waals surface area contributed by atoms with Crippen molar-refractivity contribution in [2.24, 2.45) is 0 Å². The number of amides is 1. The Morgan fingerprint density at radius 1 is 1.22 bits per heavy atom. The Bertz CT molecular complexity index is 660. The molecule has 2 aromatic carbocycles. The van der Waals surface area contributed by atoms with Gasteiger partial charge < -0.3 is 14.8 Å². The predicted octanol–water partition coefficient (Wildman–Crippen LogP) is 3.82. The van der Waals surface area contributed by atoms with Crippen molar-refractivity contribution in [3.63, 3.8) is 0 Å². The van der Waals surface area contributed by atoms with Crippen LogP contribution in [0.3, 0.4) is 0 Å². The van der Waals surface area contributed by atoms with E-state index in [0.29, 0.717) is 23.9 Å². The molecule has 0 saturated heterocycles. The predicted molar refractivity (Wildman–Crippen MR) is 91.0 cm³/mol. The van der Waals surface area contributed by atoms with Crippen molar-refractivity contribution in [2.45, 2.75) is 26.5 Å². The van der Waals surface area contributed by atoms with Gasteiger partial charge in [0.1, 0.15) is 11.5 Å². The van der Waals surface area contributed by atoms with E-state index in [2.05, 4.69) is 5.32 Å². The van der Waals surface area contributed by atoms with E-state index in [1.54, 1.807) is 19.1 Å². The van der Waals surface area contributed by atoms with Crippen LogP contribution in [0.15, 0.2) is 48.5 Å². The Morgan fingerprint density at radius 3 is 2.74 bits per heavy atom. The van der Waals surface area contributed by atoms with Crippen molar-refractivity contribution < 1.29 is 14.3 Å². The summed E-state index contributed by atoms with van der Waals surface area (Å²) in [5.74, 6) is 1.08. The maximum Gasteiger partial charge on any atom is 0.261 e. The molecule has 0 spiro atoms. The molecule has 4 nitrogen and oxygen atoms in total. The number of halogens is 1. The Kier molecular flexibility index (Phi) is 6.29. The van der Waals surface area contributed by atoms with Gasteiger partial charge >= 0.3 is 0 Å². The minimum Gasteiger partial charge on any atom is -0.494 e. The third kappa shape index (κ3) is 5.18. The van der Waals surface area contributed by atoms with Crippen molar-refractivity contribution in [2.75, 3.05) is 6.61 Å². The highest BCUT2D eigenvalue weighted by Gasteiger charge is 2.15. The first-order valence-corrected chi connectivity index (χ1v) is 7.88. The number of rotatable bonds is 7. The molecule has 0 aromatic heterocycles. The van der Waals surface area contributed by atoms with Gasteiger partial charge in [-0.05, 0) is 43.7 Å². The van der Waals surface area contributed by atoms with Crippen LogP contribution in [0.5, 0.6) is 11.5 Å². The minimum atomic E-state index is -0.634. The molecule has 0 aliphatic carbocycles. The highest BCUT2D eigenvalue weighted by atomic mass is 35.5. The van der Waals surface area contributed by atoms with Gasteiger partial charge in [-0.1, -0.05) is 35.9 Å². The quantitative estimate of drug-likeness (QED) is 0.837. The molecule has 5 heteroatoms. The maximum atomic E-state index is 12.1. The van der Waals surface area contributed by atoms with Crippen LogP contribution in [0, 0.1) is 0 Å². The zero-order valence-electron chi connectivity index (χ0n) is 13.2. The summed E-state index contributed by atoms with van der Waals surface area (Å²) in [5, 5.41) is 3.33. The minimum absolute atomic E-state index is 0.202. The van der Waals surface area contributed by atoms with Gasteiger partial charge in [0.05, 0.1) is 11.6 Å². The summed E-state index contributed by atoms with van der Waals surface area (Å²) < 4.78 is 11.0. The van der Waals surface area contributed by atoms with Crippen LogP contribution in [-0.4, -0.2) is 18.6 Å². The molecule has 0 radical (unpaired) electrons. The fourth-order valence-corrected chi connectivity index (χ4v) is 2.21. The molecular weight excluding hydrogens is 314 g/mol. The van der Waals surface area contributed by atoms with Gasteiger partial charge in [-0.2, -0.15) is 0 Å². The second-order valence-electron chi connectivity index (χ2n) is 4.99. The Morgan fingerprint density at radius 2 is 2.00 bits per heavy atom. The van der Waals surface area contributed by atoms with E-state index in [1.807, 2.05) is 43.3 Å². The molecule has 23 heavy (non-hydrogen) atoms. The Labute approximate surface area is 141 Å². The average molecular weight is 334 g/mol. The van der Waals surface area contributed by atoms with Gasteiger partial charge in [0, 0.05) is 6.54 Å². The molecule has 0 saturated carbocycles. The zero-order valence-corrected chi connectivity index (χ0v) is 14.0. The number of hydrogen-bond acceptors (Lipinski definition) is 3. The number of carbonyl (C=O) groups is 1. The van der Waals surface area contributed by atoms with E-state index in [4.69, 9.17) is 21.1 Å². The van der Waals surface area contributed by atoms with E-state index < -0.39 is 6.10 Å². The van der Waals surface area contributed by atoms with Gasteiger partial charge in [0.25, 0.3) is 5.91 Å². The molecule has 122 valence electrons. The summed E-state index contributed by atoms with van der Waals surface area (Å²) in [4.78, 5) is 12.1. The lowest BCUT2D eigenvalue weighted by molar-refractivity contribution is -0.127. The van der Waals surface area contributed by atoms with Gasteiger partial charge in [0.2, 0.25) is 0 Å². The fraction of sp³-hybridized carbons (Fsp3) is 0.278. The van der Waals surface area contributed by atoms with Crippen LogP contribution in [0.4, 0.5) is 0 Å². The molecule has 0 bridgehead atoms. The van der Waals surface area contributed by atoms with E-state index in [1.165, 1.54) is 0 Å². The third-order valence-electron chi connectivity index (χ3n) is 3.19. The lowest BCUT2D eigenvalue weighted by atomic mass is 10.2. The van der Waals surface area contributed by atoms with Crippen molar-refractivity contribution in [3.05, 3.63) is 59.1 Å². The molecule has 1 amide bonds. The molecule has 0 fully saturated rings. The summed E-state index contributed by atoms with van der Waals surface area (Å²) in [6.45, 7) is 4.64. The summed E-state index contributed by atoms with van der Waals surface area (Å²) in [6, 6.07) is 14.7. The summed E-state index contributed by atoms with van der Waals surface area (Å²) in [5.41, 5.74) is 0.967. The number of hydrogen-bond donors (Lipinski definition) is 1. The molecule has 0 aliphatic rings.